The van der Waals surface area contributed by atoms with E-state index in [1.54, 1.807) is 26.4 Å². The summed E-state index contributed by atoms with van der Waals surface area (Å²) < 4.78 is 24.4. The van der Waals surface area contributed by atoms with Crippen molar-refractivity contribution in [3.63, 3.8) is 0 Å². The van der Waals surface area contributed by atoms with Crippen LogP contribution in [0.3, 0.4) is 0 Å². The van der Waals surface area contributed by atoms with Gasteiger partial charge in [0.25, 0.3) is 0 Å². The fourth-order valence-corrected chi connectivity index (χ4v) is 3.27. The fourth-order valence-electron chi connectivity index (χ4n) is 3.27. The average Bonchev–Trinajstić information content (AvgIpc) is 2.65. The van der Waals surface area contributed by atoms with Gasteiger partial charge >= 0.3 is 0 Å². The summed E-state index contributed by atoms with van der Waals surface area (Å²) in [6.07, 6.45) is 2.00. The van der Waals surface area contributed by atoms with Gasteiger partial charge < -0.3 is 14.8 Å². The summed E-state index contributed by atoms with van der Waals surface area (Å²) in [6, 6.07) is 13.2. The van der Waals surface area contributed by atoms with Crippen molar-refractivity contribution in [3.8, 4) is 11.5 Å². The Hall–Kier alpha value is -2.27. The van der Waals surface area contributed by atoms with E-state index >= 15 is 0 Å². The second kappa shape index (κ2) is 8.21. The lowest BCUT2D eigenvalue weighted by atomic mass is 10.0. The van der Waals surface area contributed by atoms with Crippen LogP contribution in [0.5, 0.6) is 11.5 Å². The first-order valence-electron chi connectivity index (χ1n) is 8.64. The van der Waals surface area contributed by atoms with E-state index in [0.29, 0.717) is 11.7 Å². The molecule has 2 aromatic rings. The molecule has 0 amide bonds. The number of hydrogen-bond acceptors (Lipinski definition) is 4. The molecule has 0 radical (unpaired) electrons. The number of likely N-dealkylation sites (tertiary alicyclic amines) is 1. The Morgan fingerprint density at radius 1 is 1.04 bits per heavy atom. The summed E-state index contributed by atoms with van der Waals surface area (Å²) >= 11 is 0. The van der Waals surface area contributed by atoms with E-state index in [9.17, 15) is 4.39 Å². The standard InChI is InChI=1S/C20H25FN2O2/c1-24-19-8-7-15(13-20(19)25-2)14-23-11-9-16(10-12-23)22-18-6-4-3-5-17(18)21/h3-8,13,16,22H,9-12,14H2,1-2H3. The van der Waals surface area contributed by atoms with Crippen molar-refractivity contribution in [2.75, 3.05) is 32.6 Å². The number of rotatable bonds is 6. The lowest BCUT2D eigenvalue weighted by molar-refractivity contribution is 0.211. The van der Waals surface area contributed by atoms with Crippen LogP contribution in [0.25, 0.3) is 0 Å². The lowest BCUT2D eigenvalue weighted by Crippen LogP contribution is -2.38. The normalized spacial score (nSPS) is 15.8. The third-order valence-corrected chi connectivity index (χ3v) is 4.68. The van der Waals surface area contributed by atoms with Crippen molar-refractivity contribution in [1.82, 2.24) is 4.90 Å². The zero-order valence-corrected chi connectivity index (χ0v) is 14.8. The minimum absolute atomic E-state index is 0.185. The highest BCUT2D eigenvalue weighted by molar-refractivity contribution is 5.45. The number of anilines is 1. The molecule has 0 unspecified atom stereocenters. The van der Waals surface area contributed by atoms with E-state index in [2.05, 4.69) is 16.3 Å². The topological polar surface area (TPSA) is 33.7 Å². The monoisotopic (exact) mass is 344 g/mol. The molecule has 0 aliphatic carbocycles. The molecule has 3 rings (SSSR count). The average molecular weight is 344 g/mol. The first kappa shape index (κ1) is 17.5. The number of para-hydroxylation sites is 1. The van der Waals surface area contributed by atoms with E-state index in [1.165, 1.54) is 11.6 Å². The van der Waals surface area contributed by atoms with Gasteiger partial charge in [0.1, 0.15) is 5.82 Å². The minimum atomic E-state index is -0.185. The number of piperidine rings is 1. The smallest absolute Gasteiger partial charge is 0.161 e. The number of benzene rings is 2. The number of methoxy groups -OCH3 is 2. The van der Waals surface area contributed by atoms with Gasteiger partial charge in [-0.25, -0.2) is 4.39 Å². The van der Waals surface area contributed by atoms with Crippen molar-refractivity contribution in [3.05, 3.63) is 53.8 Å². The molecule has 25 heavy (non-hydrogen) atoms. The van der Waals surface area contributed by atoms with Gasteiger partial charge in [0.2, 0.25) is 0 Å². The molecule has 134 valence electrons. The van der Waals surface area contributed by atoms with Crippen LogP contribution in [0.4, 0.5) is 10.1 Å². The molecular formula is C20H25FN2O2. The van der Waals surface area contributed by atoms with Crippen LogP contribution >= 0.6 is 0 Å². The van der Waals surface area contributed by atoms with E-state index in [0.717, 1.165) is 44.0 Å². The molecule has 1 aliphatic rings. The van der Waals surface area contributed by atoms with Crippen molar-refractivity contribution in [2.24, 2.45) is 0 Å². The number of hydrogen-bond donors (Lipinski definition) is 1. The van der Waals surface area contributed by atoms with Crippen LogP contribution in [0.15, 0.2) is 42.5 Å². The van der Waals surface area contributed by atoms with Crippen LogP contribution in [0.2, 0.25) is 0 Å². The molecule has 1 fully saturated rings. The highest BCUT2D eigenvalue weighted by atomic mass is 19.1. The largest absolute Gasteiger partial charge is 0.493 e. The highest BCUT2D eigenvalue weighted by Gasteiger charge is 2.20. The molecule has 1 saturated heterocycles. The predicted molar refractivity (Wildman–Crippen MR) is 97.9 cm³/mol. The Balaban J connectivity index is 1.53. The van der Waals surface area contributed by atoms with Gasteiger partial charge in [-0.2, -0.15) is 0 Å². The molecule has 0 atom stereocenters. The number of ether oxygens (including phenoxy) is 2. The fraction of sp³-hybridized carbons (Fsp3) is 0.400. The lowest BCUT2D eigenvalue weighted by Gasteiger charge is -2.33. The van der Waals surface area contributed by atoms with Crippen molar-refractivity contribution < 1.29 is 13.9 Å². The van der Waals surface area contributed by atoms with Gasteiger partial charge in [0.15, 0.2) is 11.5 Å². The molecule has 0 bridgehead atoms. The van der Waals surface area contributed by atoms with E-state index < -0.39 is 0 Å². The molecular weight excluding hydrogens is 319 g/mol. The Bertz CT molecular complexity index is 700. The number of nitrogens with zero attached hydrogens (tertiary/aromatic N) is 1. The van der Waals surface area contributed by atoms with Crippen LogP contribution in [0.1, 0.15) is 18.4 Å². The van der Waals surface area contributed by atoms with Gasteiger partial charge in [0.05, 0.1) is 19.9 Å². The van der Waals surface area contributed by atoms with Crippen LogP contribution in [0, 0.1) is 5.82 Å². The Labute approximate surface area is 148 Å². The maximum absolute atomic E-state index is 13.7. The van der Waals surface area contributed by atoms with Crippen molar-refractivity contribution in [2.45, 2.75) is 25.4 Å². The first-order valence-corrected chi connectivity index (χ1v) is 8.64. The van der Waals surface area contributed by atoms with Gasteiger partial charge in [-0.1, -0.05) is 18.2 Å². The molecule has 1 heterocycles. The maximum Gasteiger partial charge on any atom is 0.161 e. The quantitative estimate of drug-likeness (QED) is 0.861. The highest BCUT2D eigenvalue weighted by Crippen LogP contribution is 2.28. The van der Waals surface area contributed by atoms with E-state index in [-0.39, 0.29) is 5.82 Å². The van der Waals surface area contributed by atoms with Crippen LogP contribution in [-0.2, 0) is 6.54 Å². The summed E-state index contributed by atoms with van der Waals surface area (Å²) in [5, 5.41) is 3.33. The SMILES string of the molecule is COc1ccc(CN2CCC(Nc3ccccc3F)CC2)cc1OC. The first-order chi connectivity index (χ1) is 12.2. The molecule has 1 N–H and O–H groups in total. The molecule has 0 spiro atoms. The summed E-state index contributed by atoms with van der Waals surface area (Å²) in [7, 11) is 3.30. The minimum Gasteiger partial charge on any atom is -0.493 e. The number of nitrogens with one attached hydrogen (secondary N) is 1. The molecule has 2 aromatic carbocycles. The Morgan fingerprint density at radius 3 is 2.44 bits per heavy atom. The van der Waals surface area contributed by atoms with Gasteiger partial charge in [-0.05, 0) is 42.7 Å². The van der Waals surface area contributed by atoms with Crippen molar-refractivity contribution in [1.29, 1.82) is 0 Å². The third kappa shape index (κ3) is 4.42. The van der Waals surface area contributed by atoms with E-state index in [4.69, 9.17) is 9.47 Å². The zero-order chi connectivity index (χ0) is 17.6. The van der Waals surface area contributed by atoms with Crippen LogP contribution < -0.4 is 14.8 Å². The molecule has 4 nitrogen and oxygen atoms in total. The second-order valence-electron chi connectivity index (χ2n) is 6.36. The van der Waals surface area contributed by atoms with E-state index in [1.807, 2.05) is 18.2 Å². The second-order valence-corrected chi connectivity index (χ2v) is 6.36. The van der Waals surface area contributed by atoms with Gasteiger partial charge in [0, 0.05) is 25.7 Å². The van der Waals surface area contributed by atoms with Crippen molar-refractivity contribution >= 4 is 5.69 Å². The molecule has 0 saturated carbocycles. The maximum atomic E-state index is 13.7. The van der Waals surface area contributed by atoms with Gasteiger partial charge in [-0.15, -0.1) is 0 Å². The zero-order valence-electron chi connectivity index (χ0n) is 14.8. The molecule has 0 aromatic heterocycles. The summed E-state index contributed by atoms with van der Waals surface area (Å²) in [4.78, 5) is 2.42. The molecule has 1 aliphatic heterocycles. The summed E-state index contributed by atoms with van der Waals surface area (Å²) in [5.41, 5.74) is 1.80. The van der Waals surface area contributed by atoms with Gasteiger partial charge in [-0.3, -0.25) is 4.90 Å². The summed E-state index contributed by atoms with van der Waals surface area (Å²) in [5.74, 6) is 1.32. The van der Waals surface area contributed by atoms with Crippen LogP contribution in [-0.4, -0.2) is 38.3 Å². The Morgan fingerprint density at radius 2 is 1.76 bits per heavy atom. The third-order valence-electron chi connectivity index (χ3n) is 4.68. The number of halogens is 1. The Kier molecular flexibility index (Phi) is 5.76. The molecule has 5 heteroatoms. The summed E-state index contributed by atoms with van der Waals surface area (Å²) in [6.45, 7) is 2.85. The predicted octanol–water partition coefficient (Wildman–Crippen LogP) is 3.92.